The predicted molar refractivity (Wildman–Crippen MR) is 59.5 cm³/mol. The number of primary amides is 1. The summed E-state index contributed by atoms with van der Waals surface area (Å²) in [5.41, 5.74) is 4.92. The Morgan fingerprint density at radius 3 is 2.47 bits per heavy atom. The van der Waals surface area contributed by atoms with Gasteiger partial charge in [-0.05, 0) is 12.8 Å². The first-order valence-corrected chi connectivity index (χ1v) is 6.73. The van der Waals surface area contributed by atoms with Crippen molar-refractivity contribution in [1.29, 1.82) is 0 Å². The number of sulfonamides is 1. The number of aliphatic carboxylic acids is 1. The summed E-state index contributed by atoms with van der Waals surface area (Å²) in [5.74, 6) is -2.76. The molecular weight excluding hydrogens is 248 g/mol. The van der Waals surface area contributed by atoms with Crippen LogP contribution in [-0.4, -0.2) is 48.5 Å². The molecule has 0 aromatic rings. The second kappa shape index (κ2) is 5.01. The molecule has 0 heterocycles. The van der Waals surface area contributed by atoms with E-state index in [4.69, 9.17) is 10.8 Å². The third-order valence-corrected chi connectivity index (χ3v) is 5.29. The summed E-state index contributed by atoms with van der Waals surface area (Å²) in [4.78, 5) is 21.6. The zero-order valence-corrected chi connectivity index (χ0v) is 10.3. The molecule has 3 N–H and O–H groups in total. The molecule has 1 aliphatic carbocycles. The van der Waals surface area contributed by atoms with E-state index in [-0.39, 0.29) is 0 Å². The summed E-state index contributed by atoms with van der Waals surface area (Å²) in [6.07, 6.45) is 1.22. The van der Waals surface area contributed by atoms with Gasteiger partial charge in [0.05, 0.1) is 17.7 Å². The molecule has 0 radical (unpaired) electrons. The van der Waals surface area contributed by atoms with Crippen LogP contribution in [0.2, 0.25) is 0 Å². The SMILES string of the molecule is CN(CC(N)=O)S(=O)(=O)C1CCCC1C(=O)O. The number of carboxylic acids is 1. The molecular formula is C9H16N2O5S. The van der Waals surface area contributed by atoms with E-state index in [1.165, 1.54) is 7.05 Å². The average Bonchev–Trinajstić information content (AvgIpc) is 2.64. The van der Waals surface area contributed by atoms with Crippen molar-refractivity contribution in [3.05, 3.63) is 0 Å². The van der Waals surface area contributed by atoms with Crippen molar-refractivity contribution in [2.75, 3.05) is 13.6 Å². The largest absolute Gasteiger partial charge is 0.481 e. The molecule has 2 unspecified atom stereocenters. The summed E-state index contributed by atoms with van der Waals surface area (Å²) in [6.45, 7) is -0.425. The molecule has 1 amide bonds. The highest BCUT2D eigenvalue weighted by Gasteiger charge is 2.43. The number of rotatable bonds is 5. The van der Waals surface area contributed by atoms with E-state index >= 15 is 0 Å². The Kier molecular flexibility index (Phi) is 4.10. The number of nitrogens with zero attached hydrogens (tertiary/aromatic N) is 1. The van der Waals surface area contributed by atoms with Crippen LogP contribution in [0, 0.1) is 5.92 Å². The molecule has 1 saturated carbocycles. The van der Waals surface area contributed by atoms with E-state index in [0.29, 0.717) is 19.3 Å². The van der Waals surface area contributed by atoms with Gasteiger partial charge in [-0.15, -0.1) is 0 Å². The molecule has 98 valence electrons. The van der Waals surface area contributed by atoms with Gasteiger partial charge in [0.1, 0.15) is 0 Å². The molecule has 0 aromatic carbocycles. The van der Waals surface area contributed by atoms with Crippen LogP contribution in [0.25, 0.3) is 0 Å². The Hall–Kier alpha value is -1.15. The van der Waals surface area contributed by atoms with Gasteiger partial charge < -0.3 is 10.8 Å². The van der Waals surface area contributed by atoms with Crippen LogP contribution in [0.15, 0.2) is 0 Å². The van der Waals surface area contributed by atoms with Crippen LogP contribution in [0.4, 0.5) is 0 Å². The standard InChI is InChI=1S/C9H16N2O5S/c1-11(5-8(10)12)17(15,16)7-4-2-3-6(7)9(13)14/h6-7H,2-5H2,1H3,(H2,10,12)(H,13,14). The third-order valence-electron chi connectivity index (χ3n) is 2.97. The van der Waals surface area contributed by atoms with Gasteiger partial charge in [0, 0.05) is 7.05 Å². The van der Waals surface area contributed by atoms with Gasteiger partial charge in [-0.25, -0.2) is 8.42 Å². The van der Waals surface area contributed by atoms with Gasteiger partial charge in [0.15, 0.2) is 0 Å². The quantitative estimate of drug-likeness (QED) is 0.659. The minimum Gasteiger partial charge on any atom is -0.481 e. The van der Waals surface area contributed by atoms with Crippen LogP contribution in [-0.2, 0) is 19.6 Å². The average molecular weight is 264 g/mol. The summed E-state index contributed by atoms with van der Waals surface area (Å²) >= 11 is 0. The number of hydrogen-bond acceptors (Lipinski definition) is 4. The lowest BCUT2D eigenvalue weighted by atomic mass is 10.1. The third kappa shape index (κ3) is 2.95. The van der Waals surface area contributed by atoms with Crippen molar-refractivity contribution in [1.82, 2.24) is 4.31 Å². The lowest BCUT2D eigenvalue weighted by molar-refractivity contribution is -0.141. The van der Waals surface area contributed by atoms with Gasteiger partial charge in [0.25, 0.3) is 0 Å². The molecule has 7 nitrogen and oxygen atoms in total. The number of likely N-dealkylation sites (N-methyl/N-ethyl adjacent to an activating group) is 1. The maximum absolute atomic E-state index is 12.0. The maximum Gasteiger partial charge on any atom is 0.307 e. The monoisotopic (exact) mass is 264 g/mol. The molecule has 1 fully saturated rings. The number of nitrogens with two attached hydrogens (primary N) is 1. The Morgan fingerprint density at radius 2 is 2.00 bits per heavy atom. The van der Waals surface area contributed by atoms with Gasteiger partial charge in [0.2, 0.25) is 15.9 Å². The van der Waals surface area contributed by atoms with E-state index in [2.05, 4.69) is 0 Å². The van der Waals surface area contributed by atoms with E-state index in [1.54, 1.807) is 0 Å². The molecule has 0 spiro atoms. The Bertz CT molecular complexity index is 419. The first kappa shape index (κ1) is 13.9. The van der Waals surface area contributed by atoms with Gasteiger partial charge >= 0.3 is 5.97 Å². The lowest BCUT2D eigenvalue weighted by Gasteiger charge is -2.22. The Balaban J connectivity index is 2.89. The van der Waals surface area contributed by atoms with E-state index in [9.17, 15) is 18.0 Å². The molecule has 1 rings (SSSR count). The maximum atomic E-state index is 12.0. The first-order chi connectivity index (χ1) is 7.76. The highest BCUT2D eigenvalue weighted by molar-refractivity contribution is 7.89. The highest BCUT2D eigenvalue weighted by Crippen LogP contribution is 2.32. The number of carboxylic acid groups (broad SMARTS) is 1. The minimum atomic E-state index is -3.78. The number of hydrogen-bond donors (Lipinski definition) is 2. The van der Waals surface area contributed by atoms with E-state index in [1.807, 2.05) is 0 Å². The van der Waals surface area contributed by atoms with Crippen molar-refractivity contribution in [2.24, 2.45) is 11.7 Å². The van der Waals surface area contributed by atoms with Crippen molar-refractivity contribution < 1.29 is 23.1 Å². The molecule has 17 heavy (non-hydrogen) atoms. The number of amides is 1. The van der Waals surface area contributed by atoms with Crippen LogP contribution < -0.4 is 5.73 Å². The second-order valence-electron chi connectivity index (χ2n) is 4.18. The van der Waals surface area contributed by atoms with Crippen molar-refractivity contribution in [3.63, 3.8) is 0 Å². The van der Waals surface area contributed by atoms with E-state index in [0.717, 1.165) is 4.31 Å². The van der Waals surface area contributed by atoms with Gasteiger partial charge in [-0.2, -0.15) is 4.31 Å². The molecule has 8 heteroatoms. The van der Waals surface area contributed by atoms with E-state index < -0.39 is 39.6 Å². The van der Waals surface area contributed by atoms with Crippen LogP contribution in [0.5, 0.6) is 0 Å². The summed E-state index contributed by atoms with van der Waals surface area (Å²) in [6, 6.07) is 0. The zero-order valence-electron chi connectivity index (χ0n) is 9.50. The number of carbonyl (C=O) groups is 2. The summed E-state index contributed by atoms with van der Waals surface area (Å²) in [7, 11) is -2.54. The smallest absolute Gasteiger partial charge is 0.307 e. The molecule has 2 atom stereocenters. The van der Waals surface area contributed by atoms with Crippen molar-refractivity contribution in [2.45, 2.75) is 24.5 Å². The van der Waals surface area contributed by atoms with Crippen molar-refractivity contribution >= 4 is 21.9 Å². The molecule has 1 aliphatic rings. The fraction of sp³-hybridized carbons (Fsp3) is 0.778. The highest BCUT2D eigenvalue weighted by atomic mass is 32.2. The Morgan fingerprint density at radius 1 is 1.41 bits per heavy atom. The van der Waals surface area contributed by atoms with Crippen LogP contribution >= 0.6 is 0 Å². The molecule has 0 saturated heterocycles. The van der Waals surface area contributed by atoms with Crippen LogP contribution in [0.1, 0.15) is 19.3 Å². The summed E-state index contributed by atoms with van der Waals surface area (Å²) < 4.78 is 24.9. The van der Waals surface area contributed by atoms with Gasteiger partial charge in [-0.1, -0.05) is 6.42 Å². The predicted octanol–water partition coefficient (Wildman–Crippen LogP) is -1.01. The van der Waals surface area contributed by atoms with Crippen molar-refractivity contribution in [3.8, 4) is 0 Å². The summed E-state index contributed by atoms with van der Waals surface area (Å²) in [5, 5.41) is 7.98. The Labute approximate surface area is 99.6 Å². The minimum absolute atomic E-state index is 0.308. The van der Waals surface area contributed by atoms with Gasteiger partial charge in [-0.3, -0.25) is 9.59 Å². The second-order valence-corrected chi connectivity index (χ2v) is 6.44. The molecule has 0 aromatic heterocycles. The lowest BCUT2D eigenvalue weighted by Crippen LogP contribution is -2.43. The molecule has 0 bridgehead atoms. The fourth-order valence-electron chi connectivity index (χ4n) is 2.11. The zero-order chi connectivity index (χ0) is 13.2. The number of carbonyl (C=O) groups excluding carboxylic acids is 1. The van der Waals surface area contributed by atoms with Crippen LogP contribution in [0.3, 0.4) is 0 Å². The molecule has 0 aliphatic heterocycles. The fourth-order valence-corrected chi connectivity index (χ4v) is 4.01. The normalized spacial score (nSPS) is 25.1. The topological polar surface area (TPSA) is 118 Å². The first-order valence-electron chi connectivity index (χ1n) is 5.23.